The van der Waals surface area contributed by atoms with Gasteiger partial charge in [-0.1, -0.05) is 18.2 Å². The number of halogens is 1. The molecule has 1 aliphatic rings. The van der Waals surface area contributed by atoms with Gasteiger partial charge in [-0.3, -0.25) is 9.69 Å². The number of rotatable bonds is 2. The van der Waals surface area contributed by atoms with Crippen LogP contribution in [0.25, 0.3) is 0 Å². The molecule has 1 atom stereocenters. The van der Waals surface area contributed by atoms with Crippen LogP contribution in [0.4, 0.5) is 4.79 Å². The third-order valence-corrected chi connectivity index (χ3v) is 2.95. The van der Waals surface area contributed by atoms with E-state index in [1.807, 2.05) is 6.07 Å². The number of ether oxygens (including phenoxy) is 1. The fourth-order valence-electron chi connectivity index (χ4n) is 1.87. The second-order valence-corrected chi connectivity index (χ2v) is 4.21. The lowest BCUT2D eigenvalue weighted by molar-refractivity contribution is -0.115. The highest BCUT2D eigenvalue weighted by molar-refractivity contribution is 6.64. The topological polar surface area (TPSA) is 46.6 Å². The van der Waals surface area contributed by atoms with Gasteiger partial charge in [-0.2, -0.15) is 0 Å². The van der Waals surface area contributed by atoms with Crippen LogP contribution in [0.5, 0.6) is 5.75 Å². The Bertz CT molecular complexity index is 421. The molecular weight excluding hydrogens is 242 g/mol. The lowest BCUT2D eigenvalue weighted by Crippen LogP contribution is -2.40. The van der Waals surface area contributed by atoms with Crippen molar-refractivity contribution in [2.45, 2.75) is 18.9 Å². The fourth-order valence-corrected chi connectivity index (χ4v) is 2.10. The van der Waals surface area contributed by atoms with Gasteiger partial charge in [-0.25, -0.2) is 4.79 Å². The number of hydrogen-bond acceptors (Lipinski definition) is 3. The lowest BCUT2D eigenvalue weighted by Gasteiger charge is -2.20. The van der Waals surface area contributed by atoms with Gasteiger partial charge in [0, 0.05) is 6.54 Å². The van der Waals surface area contributed by atoms with Crippen LogP contribution in [0.15, 0.2) is 30.3 Å². The van der Waals surface area contributed by atoms with Gasteiger partial charge in [0.05, 0.1) is 0 Å². The number of likely N-dealkylation sites (tertiary alicyclic amines) is 1. The molecule has 90 valence electrons. The van der Waals surface area contributed by atoms with E-state index in [4.69, 9.17) is 16.3 Å². The van der Waals surface area contributed by atoms with E-state index in [0.29, 0.717) is 18.7 Å². The van der Waals surface area contributed by atoms with Gasteiger partial charge in [0.1, 0.15) is 11.8 Å². The fraction of sp³-hybridized carbons (Fsp3) is 0.333. The summed E-state index contributed by atoms with van der Waals surface area (Å²) in [5.74, 6) is 0.463. The van der Waals surface area contributed by atoms with Crippen molar-refractivity contribution in [3.63, 3.8) is 0 Å². The van der Waals surface area contributed by atoms with E-state index in [1.54, 1.807) is 24.3 Å². The maximum absolute atomic E-state index is 11.8. The van der Waals surface area contributed by atoms with Crippen molar-refractivity contribution in [2.75, 3.05) is 6.54 Å². The molecule has 17 heavy (non-hydrogen) atoms. The maximum atomic E-state index is 11.8. The van der Waals surface area contributed by atoms with Crippen LogP contribution in [0.1, 0.15) is 12.8 Å². The molecule has 0 saturated carbocycles. The molecule has 0 N–H and O–H groups in total. The molecule has 1 saturated heterocycles. The van der Waals surface area contributed by atoms with E-state index < -0.39 is 17.4 Å². The van der Waals surface area contributed by atoms with Gasteiger partial charge in [-0.05, 0) is 36.6 Å². The molecule has 5 heteroatoms. The Balaban J connectivity index is 2.03. The van der Waals surface area contributed by atoms with Crippen molar-refractivity contribution < 1.29 is 14.3 Å². The van der Waals surface area contributed by atoms with Crippen molar-refractivity contribution in [1.29, 1.82) is 0 Å². The Labute approximate surface area is 104 Å². The van der Waals surface area contributed by atoms with Crippen LogP contribution in [0.2, 0.25) is 0 Å². The summed E-state index contributed by atoms with van der Waals surface area (Å²) >= 11 is 5.44. The summed E-state index contributed by atoms with van der Waals surface area (Å²) in [5.41, 5.74) is 0. The number of benzene rings is 1. The van der Waals surface area contributed by atoms with Crippen LogP contribution in [0, 0.1) is 0 Å². The summed E-state index contributed by atoms with van der Waals surface area (Å²) in [6, 6.07) is 8.20. The van der Waals surface area contributed by atoms with E-state index in [1.165, 1.54) is 4.90 Å². The van der Waals surface area contributed by atoms with Gasteiger partial charge >= 0.3 is 6.09 Å². The van der Waals surface area contributed by atoms with Gasteiger partial charge in [0.15, 0.2) is 0 Å². The normalized spacial score (nSPS) is 19.1. The minimum Gasteiger partial charge on any atom is -0.410 e. The number of carbonyl (C=O) groups is 2. The molecule has 1 heterocycles. The Hall–Kier alpha value is -1.55. The average molecular weight is 254 g/mol. The summed E-state index contributed by atoms with van der Waals surface area (Å²) in [5, 5.41) is -0.507. The molecule has 1 unspecified atom stereocenters. The number of carbonyl (C=O) groups excluding carboxylic acids is 2. The largest absolute Gasteiger partial charge is 0.415 e. The zero-order valence-corrected chi connectivity index (χ0v) is 9.89. The number of amides is 1. The standard InChI is InChI=1S/C12H12ClNO3/c13-11(15)10-7-4-8-14(10)12(16)17-9-5-2-1-3-6-9/h1-3,5-6,10H,4,7-8H2. The van der Waals surface area contributed by atoms with E-state index >= 15 is 0 Å². The van der Waals surface area contributed by atoms with Crippen molar-refractivity contribution in [2.24, 2.45) is 0 Å². The number of hydrogen-bond donors (Lipinski definition) is 0. The summed E-state index contributed by atoms with van der Waals surface area (Å²) in [7, 11) is 0. The zero-order valence-electron chi connectivity index (χ0n) is 9.14. The van der Waals surface area contributed by atoms with Crippen LogP contribution < -0.4 is 4.74 Å². The third-order valence-electron chi connectivity index (χ3n) is 2.70. The van der Waals surface area contributed by atoms with Crippen LogP contribution in [-0.2, 0) is 4.79 Å². The molecule has 1 aliphatic heterocycles. The highest BCUT2D eigenvalue weighted by Gasteiger charge is 2.34. The second-order valence-electron chi connectivity index (χ2n) is 3.84. The molecule has 4 nitrogen and oxygen atoms in total. The van der Waals surface area contributed by atoms with Crippen molar-refractivity contribution in [1.82, 2.24) is 4.90 Å². The monoisotopic (exact) mass is 253 g/mol. The van der Waals surface area contributed by atoms with Gasteiger partial charge in [0.2, 0.25) is 5.24 Å². The predicted molar refractivity (Wildman–Crippen MR) is 63.1 cm³/mol. The van der Waals surface area contributed by atoms with Crippen molar-refractivity contribution >= 4 is 22.9 Å². The molecule has 2 rings (SSSR count). The summed E-state index contributed by atoms with van der Waals surface area (Å²) in [6.45, 7) is 0.509. The summed E-state index contributed by atoms with van der Waals surface area (Å²) in [4.78, 5) is 24.3. The summed E-state index contributed by atoms with van der Waals surface area (Å²) < 4.78 is 5.15. The molecule has 0 spiro atoms. The molecule has 1 amide bonds. The minimum absolute atomic E-state index is 0.463. The molecule has 0 aliphatic carbocycles. The summed E-state index contributed by atoms with van der Waals surface area (Å²) in [6.07, 6.45) is 0.854. The first-order chi connectivity index (χ1) is 8.18. The SMILES string of the molecule is O=C(Cl)C1CCCN1C(=O)Oc1ccccc1. The van der Waals surface area contributed by atoms with Crippen molar-refractivity contribution in [3.8, 4) is 5.75 Å². The Morgan fingerprint density at radius 3 is 2.65 bits per heavy atom. The van der Waals surface area contributed by atoms with E-state index in [2.05, 4.69) is 0 Å². The number of para-hydroxylation sites is 1. The first kappa shape index (κ1) is 11.9. The predicted octanol–water partition coefficient (Wildman–Crippen LogP) is 2.42. The van der Waals surface area contributed by atoms with E-state index in [0.717, 1.165) is 6.42 Å². The highest BCUT2D eigenvalue weighted by atomic mass is 35.5. The van der Waals surface area contributed by atoms with Crippen LogP contribution in [0.3, 0.4) is 0 Å². The molecule has 1 fully saturated rings. The molecule has 0 radical (unpaired) electrons. The van der Waals surface area contributed by atoms with Gasteiger partial charge in [0.25, 0.3) is 0 Å². The van der Waals surface area contributed by atoms with Gasteiger partial charge < -0.3 is 4.74 Å². The molecule has 1 aromatic rings. The molecular formula is C12H12ClNO3. The molecule has 0 bridgehead atoms. The molecule has 1 aromatic carbocycles. The molecule has 0 aromatic heterocycles. The quantitative estimate of drug-likeness (QED) is 0.761. The van der Waals surface area contributed by atoms with E-state index in [9.17, 15) is 9.59 Å². The maximum Gasteiger partial charge on any atom is 0.415 e. The minimum atomic E-state index is -0.548. The Morgan fingerprint density at radius 1 is 1.29 bits per heavy atom. The average Bonchev–Trinajstić information content (AvgIpc) is 2.79. The smallest absolute Gasteiger partial charge is 0.410 e. The van der Waals surface area contributed by atoms with Gasteiger partial charge in [-0.15, -0.1) is 0 Å². The van der Waals surface area contributed by atoms with Crippen molar-refractivity contribution in [3.05, 3.63) is 30.3 Å². The number of nitrogens with zero attached hydrogens (tertiary/aromatic N) is 1. The Kier molecular flexibility index (Phi) is 3.64. The lowest BCUT2D eigenvalue weighted by atomic mass is 10.2. The highest BCUT2D eigenvalue weighted by Crippen LogP contribution is 2.21. The Morgan fingerprint density at radius 2 is 2.00 bits per heavy atom. The third kappa shape index (κ3) is 2.77. The van der Waals surface area contributed by atoms with Crippen LogP contribution in [-0.4, -0.2) is 28.8 Å². The first-order valence-electron chi connectivity index (χ1n) is 5.41. The van der Waals surface area contributed by atoms with Crippen LogP contribution >= 0.6 is 11.6 Å². The first-order valence-corrected chi connectivity index (χ1v) is 5.79. The zero-order chi connectivity index (χ0) is 12.3. The van der Waals surface area contributed by atoms with E-state index in [-0.39, 0.29) is 0 Å². The second kappa shape index (κ2) is 5.19.